The lowest BCUT2D eigenvalue weighted by Crippen LogP contribution is -2.48. The average Bonchev–Trinajstić information content (AvgIpc) is 2.67. The quantitative estimate of drug-likeness (QED) is 0.644. The van der Waals surface area contributed by atoms with Crippen molar-refractivity contribution in [3.63, 3.8) is 0 Å². The monoisotopic (exact) mass is 406 g/mol. The Labute approximate surface area is 172 Å². The molecule has 0 saturated carbocycles. The van der Waals surface area contributed by atoms with E-state index in [1.165, 1.54) is 0 Å². The van der Waals surface area contributed by atoms with Gasteiger partial charge in [-0.05, 0) is 58.4 Å². The van der Waals surface area contributed by atoms with Crippen LogP contribution in [0.25, 0.3) is 0 Å². The highest BCUT2D eigenvalue weighted by molar-refractivity contribution is 7.84. The van der Waals surface area contributed by atoms with Crippen LogP contribution in [0.5, 0.6) is 0 Å². The standard InChI is InChI=1S/C22H34N2O3S/c1-5-11-19(23-28(26)22(2,3)4)16-20-14-9-10-15-24(20)21(25)27-17-18-12-7-6-8-13-18/h5-8,12-13,19-20,23H,1,9-11,14-17H2,2-4H3/t19-,20-,28+/m1/s1. The van der Waals surface area contributed by atoms with Crippen LogP contribution in [0.1, 0.15) is 58.4 Å². The zero-order valence-electron chi connectivity index (χ0n) is 17.4. The molecule has 1 amide bonds. The van der Waals surface area contributed by atoms with Crippen molar-refractivity contribution in [3.8, 4) is 0 Å². The predicted molar refractivity (Wildman–Crippen MR) is 115 cm³/mol. The molecule has 28 heavy (non-hydrogen) atoms. The Hall–Kier alpha value is -1.66. The molecule has 0 bridgehead atoms. The fraction of sp³-hybridized carbons (Fsp3) is 0.591. The molecule has 5 nitrogen and oxygen atoms in total. The van der Waals surface area contributed by atoms with Crippen LogP contribution in [0.3, 0.4) is 0 Å². The van der Waals surface area contributed by atoms with Crippen molar-refractivity contribution in [1.82, 2.24) is 9.62 Å². The van der Waals surface area contributed by atoms with Crippen molar-refractivity contribution < 1.29 is 13.7 Å². The van der Waals surface area contributed by atoms with Gasteiger partial charge in [0, 0.05) is 18.6 Å². The van der Waals surface area contributed by atoms with Gasteiger partial charge in [-0.25, -0.2) is 13.7 Å². The van der Waals surface area contributed by atoms with E-state index in [4.69, 9.17) is 4.74 Å². The lowest BCUT2D eigenvalue weighted by molar-refractivity contribution is 0.0640. The second-order valence-corrected chi connectivity index (χ2v) is 10.3. The molecule has 1 aliphatic heterocycles. The van der Waals surface area contributed by atoms with Gasteiger partial charge in [0.1, 0.15) is 6.61 Å². The Morgan fingerprint density at radius 1 is 1.36 bits per heavy atom. The lowest BCUT2D eigenvalue weighted by Gasteiger charge is -2.37. The van der Waals surface area contributed by atoms with Crippen LogP contribution in [0.15, 0.2) is 43.0 Å². The van der Waals surface area contributed by atoms with Crippen molar-refractivity contribution in [2.24, 2.45) is 0 Å². The van der Waals surface area contributed by atoms with Gasteiger partial charge in [-0.3, -0.25) is 0 Å². The van der Waals surface area contributed by atoms with Crippen LogP contribution < -0.4 is 4.72 Å². The van der Waals surface area contributed by atoms with Crippen LogP contribution in [0, 0.1) is 0 Å². The van der Waals surface area contributed by atoms with Gasteiger partial charge in [-0.15, -0.1) is 6.58 Å². The van der Waals surface area contributed by atoms with Crippen LogP contribution in [0.4, 0.5) is 4.79 Å². The molecule has 0 aromatic heterocycles. The smallest absolute Gasteiger partial charge is 0.410 e. The molecular weight excluding hydrogens is 372 g/mol. The SMILES string of the molecule is C=CC[C@H](C[C@H]1CCCCN1C(=O)OCc1ccccc1)N[S@@](=O)C(C)(C)C. The van der Waals surface area contributed by atoms with E-state index >= 15 is 0 Å². The van der Waals surface area contributed by atoms with Crippen molar-refractivity contribution in [2.75, 3.05) is 6.54 Å². The van der Waals surface area contributed by atoms with E-state index in [1.807, 2.05) is 62.1 Å². The minimum atomic E-state index is -1.16. The Balaban J connectivity index is 1.98. The van der Waals surface area contributed by atoms with Gasteiger partial charge in [0.15, 0.2) is 0 Å². The first-order valence-electron chi connectivity index (χ1n) is 10.1. The summed E-state index contributed by atoms with van der Waals surface area (Å²) in [5, 5.41) is 0. The first-order chi connectivity index (χ1) is 13.3. The molecule has 1 aromatic rings. The normalized spacial score (nSPS) is 19.7. The summed E-state index contributed by atoms with van der Waals surface area (Å²) in [7, 11) is -1.16. The molecule has 3 atom stereocenters. The number of likely N-dealkylation sites (tertiary alicyclic amines) is 1. The highest BCUT2D eigenvalue weighted by Crippen LogP contribution is 2.24. The number of carbonyl (C=O) groups is 1. The van der Waals surface area contributed by atoms with E-state index in [2.05, 4.69) is 11.3 Å². The van der Waals surface area contributed by atoms with E-state index in [0.717, 1.165) is 31.2 Å². The van der Waals surface area contributed by atoms with Crippen LogP contribution in [0.2, 0.25) is 0 Å². The number of hydrogen-bond acceptors (Lipinski definition) is 3. The van der Waals surface area contributed by atoms with E-state index in [-0.39, 0.29) is 29.5 Å². The molecule has 156 valence electrons. The zero-order chi connectivity index (χ0) is 20.6. The van der Waals surface area contributed by atoms with Crippen LogP contribution in [-0.4, -0.2) is 38.6 Å². The first kappa shape index (κ1) is 22.6. The molecule has 6 heteroatoms. The highest BCUT2D eigenvalue weighted by Gasteiger charge is 2.31. The summed E-state index contributed by atoms with van der Waals surface area (Å²) in [4.78, 5) is 14.6. The van der Waals surface area contributed by atoms with Crippen molar-refractivity contribution in [1.29, 1.82) is 0 Å². The summed E-state index contributed by atoms with van der Waals surface area (Å²) in [6.45, 7) is 10.7. The van der Waals surface area contributed by atoms with Gasteiger partial charge in [0.2, 0.25) is 0 Å². The molecule has 2 rings (SSSR count). The van der Waals surface area contributed by atoms with Crippen LogP contribution >= 0.6 is 0 Å². The number of nitrogens with zero attached hydrogens (tertiary/aromatic N) is 1. The van der Waals surface area contributed by atoms with E-state index in [9.17, 15) is 9.00 Å². The Kier molecular flexibility index (Phi) is 8.70. The third-order valence-electron chi connectivity index (χ3n) is 4.90. The molecule has 0 aliphatic carbocycles. The third-order valence-corrected chi connectivity index (χ3v) is 6.56. The zero-order valence-corrected chi connectivity index (χ0v) is 18.2. The number of ether oxygens (including phenoxy) is 1. The predicted octanol–water partition coefficient (Wildman–Crippen LogP) is 4.56. The number of carbonyl (C=O) groups excluding carboxylic acids is 1. The van der Waals surface area contributed by atoms with Gasteiger partial charge >= 0.3 is 6.09 Å². The number of nitrogens with one attached hydrogen (secondary N) is 1. The molecule has 1 N–H and O–H groups in total. The van der Waals surface area contributed by atoms with Gasteiger partial charge < -0.3 is 9.64 Å². The van der Waals surface area contributed by atoms with E-state index in [1.54, 1.807) is 0 Å². The fourth-order valence-electron chi connectivity index (χ4n) is 3.34. The van der Waals surface area contributed by atoms with E-state index in [0.29, 0.717) is 13.0 Å². The second kappa shape index (κ2) is 10.8. The Morgan fingerprint density at radius 3 is 2.71 bits per heavy atom. The van der Waals surface area contributed by atoms with Gasteiger partial charge in [0.05, 0.1) is 15.7 Å². The summed E-state index contributed by atoms with van der Waals surface area (Å²) >= 11 is 0. The molecular formula is C22H34N2O3S. The maximum absolute atomic E-state index is 12.7. The number of rotatable bonds is 8. The summed E-state index contributed by atoms with van der Waals surface area (Å²) in [5.74, 6) is 0. The number of amides is 1. The molecule has 1 fully saturated rings. The fourth-order valence-corrected chi connectivity index (χ4v) is 4.19. The van der Waals surface area contributed by atoms with Crippen molar-refractivity contribution >= 4 is 17.1 Å². The summed E-state index contributed by atoms with van der Waals surface area (Å²) in [5.41, 5.74) is 0.983. The van der Waals surface area contributed by atoms with Crippen molar-refractivity contribution in [2.45, 2.75) is 76.3 Å². The van der Waals surface area contributed by atoms with Crippen LogP contribution in [-0.2, 0) is 22.3 Å². The van der Waals surface area contributed by atoms with Gasteiger partial charge in [-0.2, -0.15) is 0 Å². The average molecular weight is 407 g/mol. The molecule has 1 saturated heterocycles. The molecule has 1 heterocycles. The first-order valence-corrected chi connectivity index (χ1v) is 11.2. The van der Waals surface area contributed by atoms with E-state index < -0.39 is 11.0 Å². The van der Waals surface area contributed by atoms with Gasteiger partial charge in [0.25, 0.3) is 0 Å². The second-order valence-electron chi connectivity index (χ2n) is 8.34. The summed E-state index contributed by atoms with van der Waals surface area (Å²) in [6.07, 6.45) is 6.07. The Bertz CT molecular complexity index is 657. The van der Waals surface area contributed by atoms with Gasteiger partial charge in [-0.1, -0.05) is 36.4 Å². The number of piperidine rings is 1. The molecule has 0 unspecified atom stereocenters. The number of hydrogen-bond donors (Lipinski definition) is 1. The maximum Gasteiger partial charge on any atom is 0.410 e. The summed E-state index contributed by atoms with van der Waals surface area (Å²) < 4.78 is 21.0. The summed E-state index contributed by atoms with van der Waals surface area (Å²) in [6, 6.07) is 9.83. The molecule has 0 radical (unpaired) electrons. The lowest BCUT2D eigenvalue weighted by atomic mass is 9.95. The van der Waals surface area contributed by atoms with Crippen molar-refractivity contribution in [3.05, 3.63) is 48.6 Å². The molecule has 1 aliphatic rings. The third kappa shape index (κ3) is 7.06. The topological polar surface area (TPSA) is 58.6 Å². The highest BCUT2D eigenvalue weighted by atomic mass is 32.2. The minimum Gasteiger partial charge on any atom is -0.445 e. The Morgan fingerprint density at radius 2 is 2.07 bits per heavy atom. The number of benzene rings is 1. The maximum atomic E-state index is 12.7. The molecule has 1 aromatic carbocycles. The molecule has 0 spiro atoms. The minimum absolute atomic E-state index is 0.0186. The largest absolute Gasteiger partial charge is 0.445 e.